The van der Waals surface area contributed by atoms with E-state index in [1.165, 1.54) is 0 Å². The van der Waals surface area contributed by atoms with Crippen LogP contribution < -0.4 is 0 Å². The summed E-state index contributed by atoms with van der Waals surface area (Å²) in [6.45, 7) is 5.98. The van der Waals surface area contributed by atoms with E-state index in [4.69, 9.17) is 9.26 Å². The first-order valence-corrected chi connectivity index (χ1v) is 5.56. The summed E-state index contributed by atoms with van der Waals surface area (Å²) < 4.78 is 10.1. The van der Waals surface area contributed by atoms with Crippen molar-refractivity contribution in [3.63, 3.8) is 0 Å². The minimum absolute atomic E-state index is 0.181. The molecular formula is C11H20N2O3. The van der Waals surface area contributed by atoms with E-state index in [0.717, 1.165) is 6.42 Å². The summed E-state index contributed by atoms with van der Waals surface area (Å²) in [5.74, 6) is 1.44. The summed E-state index contributed by atoms with van der Waals surface area (Å²) >= 11 is 0. The van der Waals surface area contributed by atoms with Gasteiger partial charge in [-0.2, -0.15) is 4.98 Å². The van der Waals surface area contributed by atoms with E-state index >= 15 is 0 Å². The minimum Gasteiger partial charge on any atom is -0.393 e. The highest BCUT2D eigenvalue weighted by Crippen LogP contribution is 2.14. The van der Waals surface area contributed by atoms with Crippen LogP contribution >= 0.6 is 0 Å². The molecule has 1 rings (SSSR count). The van der Waals surface area contributed by atoms with Crippen LogP contribution in [0.3, 0.4) is 0 Å². The Morgan fingerprint density at radius 3 is 2.62 bits per heavy atom. The fourth-order valence-corrected chi connectivity index (χ4v) is 1.45. The van der Waals surface area contributed by atoms with E-state index < -0.39 is 6.10 Å². The molecule has 0 bridgehead atoms. The maximum atomic E-state index is 9.72. The second kappa shape index (κ2) is 5.96. The maximum Gasteiger partial charge on any atom is 0.229 e. The van der Waals surface area contributed by atoms with Crippen LogP contribution in [0.1, 0.15) is 45.0 Å². The monoisotopic (exact) mass is 228 g/mol. The highest BCUT2D eigenvalue weighted by Gasteiger charge is 2.16. The molecule has 0 aliphatic carbocycles. The SMILES string of the molecule is COC(C)c1noc(CC(O)CC(C)C)n1. The van der Waals surface area contributed by atoms with Crippen molar-refractivity contribution in [1.82, 2.24) is 10.1 Å². The second-order valence-corrected chi connectivity index (χ2v) is 4.41. The Morgan fingerprint density at radius 1 is 1.38 bits per heavy atom. The van der Waals surface area contributed by atoms with Gasteiger partial charge in [0.25, 0.3) is 0 Å². The van der Waals surface area contributed by atoms with Crippen molar-refractivity contribution in [3.8, 4) is 0 Å². The predicted octanol–water partition coefficient (Wildman–Crippen LogP) is 1.73. The molecule has 0 spiro atoms. The number of hydrogen-bond acceptors (Lipinski definition) is 5. The van der Waals surface area contributed by atoms with Gasteiger partial charge in [0.1, 0.15) is 6.10 Å². The molecule has 0 radical (unpaired) electrons. The molecule has 0 aromatic carbocycles. The molecular weight excluding hydrogens is 208 g/mol. The number of aliphatic hydroxyl groups excluding tert-OH is 1. The van der Waals surface area contributed by atoms with Crippen LogP contribution in [-0.2, 0) is 11.2 Å². The number of rotatable bonds is 6. The van der Waals surface area contributed by atoms with Crippen LogP contribution in [-0.4, -0.2) is 28.5 Å². The van der Waals surface area contributed by atoms with Gasteiger partial charge in [-0.1, -0.05) is 19.0 Å². The predicted molar refractivity (Wildman–Crippen MR) is 58.9 cm³/mol. The average molecular weight is 228 g/mol. The zero-order valence-corrected chi connectivity index (χ0v) is 10.3. The topological polar surface area (TPSA) is 68.4 Å². The molecule has 0 aliphatic heterocycles. The van der Waals surface area contributed by atoms with Crippen LogP contribution in [0.5, 0.6) is 0 Å². The van der Waals surface area contributed by atoms with Crippen molar-refractivity contribution >= 4 is 0 Å². The molecule has 0 saturated carbocycles. The van der Waals surface area contributed by atoms with Gasteiger partial charge in [0.15, 0.2) is 5.82 Å². The standard InChI is InChI=1S/C11H20N2O3/c1-7(2)5-9(14)6-10-12-11(13-16-10)8(3)15-4/h7-9,14H,5-6H2,1-4H3. The zero-order valence-electron chi connectivity index (χ0n) is 10.3. The van der Waals surface area contributed by atoms with Gasteiger partial charge < -0.3 is 14.4 Å². The van der Waals surface area contributed by atoms with Gasteiger partial charge in [-0.05, 0) is 19.3 Å². The van der Waals surface area contributed by atoms with Crippen molar-refractivity contribution < 1.29 is 14.4 Å². The summed E-state index contributed by atoms with van der Waals surface area (Å²) in [5.41, 5.74) is 0. The smallest absolute Gasteiger partial charge is 0.229 e. The number of aromatic nitrogens is 2. The lowest BCUT2D eigenvalue weighted by molar-refractivity contribution is 0.109. The van der Waals surface area contributed by atoms with Crippen LogP contribution in [0.4, 0.5) is 0 Å². The highest BCUT2D eigenvalue weighted by molar-refractivity contribution is 4.91. The molecule has 1 aromatic rings. The van der Waals surface area contributed by atoms with Gasteiger partial charge in [-0.3, -0.25) is 0 Å². The molecule has 1 heterocycles. The van der Waals surface area contributed by atoms with Crippen molar-refractivity contribution in [2.75, 3.05) is 7.11 Å². The molecule has 5 heteroatoms. The molecule has 0 aliphatic rings. The van der Waals surface area contributed by atoms with Gasteiger partial charge in [-0.25, -0.2) is 0 Å². The van der Waals surface area contributed by atoms with E-state index in [1.807, 2.05) is 6.92 Å². The zero-order chi connectivity index (χ0) is 12.1. The summed E-state index contributed by atoms with van der Waals surface area (Å²) in [5, 5.41) is 13.5. The average Bonchev–Trinajstić information content (AvgIpc) is 2.63. The van der Waals surface area contributed by atoms with Gasteiger partial charge >= 0.3 is 0 Å². The Bertz CT molecular complexity index is 312. The Morgan fingerprint density at radius 2 is 2.06 bits per heavy atom. The number of hydrogen-bond donors (Lipinski definition) is 1. The number of ether oxygens (including phenoxy) is 1. The molecule has 1 N–H and O–H groups in total. The van der Waals surface area contributed by atoms with Gasteiger partial charge in [0, 0.05) is 7.11 Å². The Balaban J connectivity index is 2.51. The number of nitrogens with zero attached hydrogens (tertiary/aromatic N) is 2. The minimum atomic E-state index is -0.425. The first-order chi connectivity index (χ1) is 7.52. The summed E-state index contributed by atoms with van der Waals surface area (Å²) in [6.07, 6.45) is 0.532. The van der Waals surface area contributed by atoms with Crippen molar-refractivity contribution in [3.05, 3.63) is 11.7 Å². The second-order valence-electron chi connectivity index (χ2n) is 4.41. The molecule has 2 atom stereocenters. The summed E-state index contributed by atoms with van der Waals surface area (Å²) in [4.78, 5) is 4.17. The van der Waals surface area contributed by atoms with Crippen molar-refractivity contribution in [1.29, 1.82) is 0 Å². The van der Waals surface area contributed by atoms with Gasteiger partial charge in [-0.15, -0.1) is 0 Å². The molecule has 0 saturated heterocycles. The van der Waals surface area contributed by atoms with Crippen LogP contribution in [0.25, 0.3) is 0 Å². The van der Waals surface area contributed by atoms with Gasteiger partial charge in [0.05, 0.1) is 12.5 Å². The normalized spacial score (nSPS) is 15.4. The lowest BCUT2D eigenvalue weighted by Crippen LogP contribution is -2.13. The van der Waals surface area contributed by atoms with E-state index in [-0.39, 0.29) is 6.10 Å². The maximum absolute atomic E-state index is 9.72. The Hall–Kier alpha value is -0.940. The van der Waals surface area contributed by atoms with Crippen molar-refractivity contribution in [2.24, 2.45) is 5.92 Å². The third-order valence-electron chi connectivity index (χ3n) is 2.35. The Labute approximate surface area is 95.8 Å². The number of aliphatic hydroxyl groups is 1. The molecule has 0 amide bonds. The fourth-order valence-electron chi connectivity index (χ4n) is 1.45. The quantitative estimate of drug-likeness (QED) is 0.803. The first-order valence-electron chi connectivity index (χ1n) is 5.56. The summed E-state index contributed by atoms with van der Waals surface area (Å²) in [6, 6.07) is 0. The third kappa shape index (κ3) is 3.90. The number of methoxy groups -OCH3 is 1. The van der Waals surface area contributed by atoms with E-state index in [1.54, 1.807) is 7.11 Å². The van der Waals surface area contributed by atoms with Crippen LogP contribution in [0, 0.1) is 5.92 Å². The fraction of sp³-hybridized carbons (Fsp3) is 0.818. The van der Waals surface area contributed by atoms with Crippen LogP contribution in [0.2, 0.25) is 0 Å². The Kier molecular flexibility index (Phi) is 4.89. The molecule has 2 unspecified atom stereocenters. The molecule has 16 heavy (non-hydrogen) atoms. The first kappa shape index (κ1) is 13.1. The molecule has 92 valence electrons. The lowest BCUT2D eigenvalue weighted by atomic mass is 10.0. The molecule has 0 fully saturated rings. The lowest BCUT2D eigenvalue weighted by Gasteiger charge is -2.09. The third-order valence-corrected chi connectivity index (χ3v) is 2.35. The van der Waals surface area contributed by atoms with E-state index in [2.05, 4.69) is 24.0 Å². The van der Waals surface area contributed by atoms with E-state index in [0.29, 0.717) is 24.1 Å². The summed E-state index contributed by atoms with van der Waals surface area (Å²) in [7, 11) is 1.59. The van der Waals surface area contributed by atoms with Crippen molar-refractivity contribution in [2.45, 2.75) is 45.8 Å². The van der Waals surface area contributed by atoms with E-state index in [9.17, 15) is 5.11 Å². The molecule has 1 aromatic heterocycles. The van der Waals surface area contributed by atoms with Crippen LogP contribution in [0.15, 0.2) is 4.52 Å². The largest absolute Gasteiger partial charge is 0.393 e. The molecule has 5 nitrogen and oxygen atoms in total. The van der Waals surface area contributed by atoms with Gasteiger partial charge in [0.2, 0.25) is 5.89 Å². The highest BCUT2D eigenvalue weighted by atomic mass is 16.5.